The van der Waals surface area contributed by atoms with Gasteiger partial charge in [0.25, 0.3) is 0 Å². The van der Waals surface area contributed by atoms with E-state index in [0.29, 0.717) is 12.0 Å². The predicted molar refractivity (Wildman–Crippen MR) is 77.3 cm³/mol. The van der Waals surface area contributed by atoms with E-state index in [0.717, 1.165) is 24.8 Å². The Labute approximate surface area is 113 Å². The number of ether oxygens (including phenoxy) is 1. The molecule has 1 aromatic carbocycles. The molecule has 3 atom stereocenters. The van der Waals surface area contributed by atoms with Crippen LogP contribution in [0.1, 0.15) is 24.9 Å². The molecule has 1 aromatic rings. The molecule has 1 fully saturated rings. The van der Waals surface area contributed by atoms with Crippen LogP contribution in [0.4, 0.5) is 0 Å². The van der Waals surface area contributed by atoms with Gasteiger partial charge in [0.2, 0.25) is 0 Å². The lowest BCUT2D eigenvalue weighted by atomic mass is 9.91. The average molecular weight is 263 g/mol. The summed E-state index contributed by atoms with van der Waals surface area (Å²) in [6.45, 7) is 4.25. The first-order chi connectivity index (χ1) is 8.84. The smallest absolute Gasteiger partial charge is 0.124 e. The summed E-state index contributed by atoms with van der Waals surface area (Å²) in [4.78, 5) is 0. The summed E-state index contributed by atoms with van der Waals surface area (Å²) in [7, 11) is 0. The van der Waals surface area contributed by atoms with Crippen molar-refractivity contribution in [2.24, 2.45) is 11.8 Å². The van der Waals surface area contributed by atoms with Crippen LogP contribution in [0.2, 0.25) is 0 Å². The first-order valence-corrected chi connectivity index (χ1v) is 8.03. The Morgan fingerprint density at radius 1 is 1.39 bits per heavy atom. The van der Waals surface area contributed by atoms with Crippen LogP contribution in [0.25, 0.3) is 0 Å². The predicted octanol–water partition coefficient (Wildman–Crippen LogP) is 3.10. The second kappa shape index (κ2) is 5.54. The summed E-state index contributed by atoms with van der Waals surface area (Å²) in [5.74, 6) is 5.14. The molecular formula is C15H21NOS. The van der Waals surface area contributed by atoms with E-state index in [4.69, 9.17) is 4.74 Å². The van der Waals surface area contributed by atoms with Gasteiger partial charge in [-0.05, 0) is 36.5 Å². The molecule has 2 heterocycles. The summed E-state index contributed by atoms with van der Waals surface area (Å²) in [6, 6.07) is 8.91. The summed E-state index contributed by atoms with van der Waals surface area (Å²) >= 11 is 2.09. The Morgan fingerprint density at radius 3 is 3.11 bits per heavy atom. The van der Waals surface area contributed by atoms with E-state index in [1.165, 1.54) is 23.5 Å². The van der Waals surface area contributed by atoms with E-state index in [1.807, 2.05) is 0 Å². The van der Waals surface area contributed by atoms with Crippen LogP contribution in [0.15, 0.2) is 24.3 Å². The minimum absolute atomic E-state index is 0.459. The van der Waals surface area contributed by atoms with Crippen molar-refractivity contribution < 1.29 is 4.74 Å². The van der Waals surface area contributed by atoms with Crippen LogP contribution >= 0.6 is 11.8 Å². The minimum Gasteiger partial charge on any atom is -0.493 e. The fraction of sp³-hybridized carbons (Fsp3) is 0.600. The first-order valence-electron chi connectivity index (χ1n) is 6.87. The lowest BCUT2D eigenvalue weighted by Gasteiger charge is -2.33. The van der Waals surface area contributed by atoms with Crippen LogP contribution in [0, 0.1) is 11.8 Å². The maximum absolute atomic E-state index is 5.79. The fourth-order valence-electron chi connectivity index (χ4n) is 2.84. The van der Waals surface area contributed by atoms with Crippen molar-refractivity contribution in [3.63, 3.8) is 0 Å². The monoisotopic (exact) mass is 263 g/mol. The van der Waals surface area contributed by atoms with Gasteiger partial charge >= 0.3 is 0 Å². The van der Waals surface area contributed by atoms with Gasteiger partial charge in [-0.15, -0.1) is 0 Å². The molecule has 2 aliphatic rings. The quantitative estimate of drug-likeness (QED) is 0.905. The molecule has 0 aromatic heterocycles. The van der Waals surface area contributed by atoms with E-state index in [9.17, 15) is 0 Å². The van der Waals surface area contributed by atoms with Crippen molar-refractivity contribution in [3.05, 3.63) is 29.8 Å². The molecule has 0 radical (unpaired) electrons. The van der Waals surface area contributed by atoms with Crippen LogP contribution in [-0.2, 0) is 0 Å². The van der Waals surface area contributed by atoms with Crippen molar-refractivity contribution in [1.29, 1.82) is 0 Å². The van der Waals surface area contributed by atoms with Gasteiger partial charge in [0, 0.05) is 17.5 Å². The maximum Gasteiger partial charge on any atom is 0.124 e. The van der Waals surface area contributed by atoms with E-state index >= 15 is 0 Å². The van der Waals surface area contributed by atoms with Crippen molar-refractivity contribution in [2.75, 3.05) is 24.7 Å². The second-order valence-electron chi connectivity index (χ2n) is 5.44. The van der Waals surface area contributed by atoms with Gasteiger partial charge < -0.3 is 10.1 Å². The topological polar surface area (TPSA) is 21.3 Å². The first kappa shape index (κ1) is 12.4. The summed E-state index contributed by atoms with van der Waals surface area (Å²) < 4.78 is 5.79. The zero-order chi connectivity index (χ0) is 12.4. The van der Waals surface area contributed by atoms with Crippen LogP contribution in [0.3, 0.4) is 0 Å². The van der Waals surface area contributed by atoms with Crippen molar-refractivity contribution >= 4 is 11.8 Å². The molecule has 1 N–H and O–H groups in total. The summed E-state index contributed by atoms with van der Waals surface area (Å²) in [5, 5.41) is 3.78. The van der Waals surface area contributed by atoms with Crippen LogP contribution in [0.5, 0.6) is 5.75 Å². The van der Waals surface area contributed by atoms with Gasteiger partial charge in [-0.25, -0.2) is 0 Å². The number of benzene rings is 1. The molecule has 3 unspecified atom stereocenters. The van der Waals surface area contributed by atoms with Gasteiger partial charge in [-0.3, -0.25) is 0 Å². The lowest BCUT2D eigenvalue weighted by molar-refractivity contribution is 0.186. The van der Waals surface area contributed by atoms with E-state index < -0.39 is 0 Å². The van der Waals surface area contributed by atoms with Crippen LogP contribution < -0.4 is 10.1 Å². The molecule has 2 nitrogen and oxygen atoms in total. The Morgan fingerprint density at radius 2 is 2.28 bits per heavy atom. The number of hydrogen-bond acceptors (Lipinski definition) is 3. The molecule has 0 aliphatic carbocycles. The molecule has 1 saturated heterocycles. The summed E-state index contributed by atoms with van der Waals surface area (Å²) in [6.07, 6.45) is 1.37. The fourth-order valence-corrected chi connectivity index (χ4v) is 4.13. The molecular weight excluding hydrogens is 242 g/mol. The van der Waals surface area contributed by atoms with Crippen molar-refractivity contribution in [3.8, 4) is 5.75 Å². The molecule has 18 heavy (non-hydrogen) atoms. The Kier molecular flexibility index (Phi) is 3.80. The molecule has 0 spiro atoms. The number of para-hydroxylation sites is 1. The zero-order valence-corrected chi connectivity index (χ0v) is 11.7. The number of thioether (sulfide) groups is 1. The van der Waals surface area contributed by atoms with E-state index in [1.54, 1.807) is 0 Å². The highest BCUT2D eigenvalue weighted by atomic mass is 32.2. The van der Waals surface area contributed by atoms with Gasteiger partial charge in [0.15, 0.2) is 0 Å². The normalized spacial score (nSPS) is 30.8. The minimum atomic E-state index is 0.459. The molecule has 2 aliphatic heterocycles. The zero-order valence-electron chi connectivity index (χ0n) is 10.9. The van der Waals surface area contributed by atoms with E-state index in [-0.39, 0.29) is 0 Å². The third kappa shape index (κ3) is 2.52. The van der Waals surface area contributed by atoms with Crippen molar-refractivity contribution in [2.45, 2.75) is 19.4 Å². The van der Waals surface area contributed by atoms with Crippen LogP contribution in [-0.4, -0.2) is 24.7 Å². The van der Waals surface area contributed by atoms with Gasteiger partial charge in [-0.1, -0.05) is 25.1 Å². The second-order valence-corrected chi connectivity index (χ2v) is 6.59. The van der Waals surface area contributed by atoms with Gasteiger partial charge in [0.05, 0.1) is 6.61 Å². The standard InChI is InChI=1S/C15H21NOS/c1-11-9-17-14-5-3-2-4-13(14)15(11)16-8-12-6-7-18-10-12/h2-5,11-12,15-16H,6-10H2,1H3. The molecule has 3 rings (SSSR count). The Hall–Kier alpha value is -0.670. The third-order valence-corrected chi connectivity index (χ3v) is 5.21. The highest BCUT2D eigenvalue weighted by Gasteiger charge is 2.28. The molecule has 0 saturated carbocycles. The largest absolute Gasteiger partial charge is 0.493 e. The Bertz CT molecular complexity index is 403. The van der Waals surface area contributed by atoms with E-state index in [2.05, 4.69) is 48.3 Å². The SMILES string of the molecule is CC1COc2ccccc2C1NCC1CCSC1. The molecule has 0 bridgehead atoms. The highest BCUT2D eigenvalue weighted by molar-refractivity contribution is 7.99. The number of nitrogens with one attached hydrogen (secondary N) is 1. The number of hydrogen-bond donors (Lipinski definition) is 1. The van der Waals surface area contributed by atoms with Gasteiger partial charge in [0.1, 0.15) is 5.75 Å². The summed E-state index contributed by atoms with van der Waals surface area (Å²) in [5.41, 5.74) is 1.34. The highest BCUT2D eigenvalue weighted by Crippen LogP contribution is 2.35. The van der Waals surface area contributed by atoms with Crippen molar-refractivity contribution in [1.82, 2.24) is 5.32 Å². The number of fused-ring (bicyclic) bond motifs is 1. The number of rotatable bonds is 3. The lowest BCUT2D eigenvalue weighted by Crippen LogP contribution is -2.36. The maximum atomic E-state index is 5.79. The molecule has 3 heteroatoms. The van der Waals surface area contributed by atoms with Gasteiger partial charge in [-0.2, -0.15) is 11.8 Å². The molecule has 98 valence electrons. The Balaban J connectivity index is 1.69. The average Bonchev–Trinajstić information content (AvgIpc) is 2.91. The third-order valence-electron chi connectivity index (χ3n) is 3.98. The molecule has 0 amide bonds.